The SMILES string of the molecule is CC(C)(C)NS(=O)(=O)c1ccc(C(=O)N(CC#N)CC#N)cc1. The van der Waals surface area contributed by atoms with Crippen molar-refractivity contribution in [2.75, 3.05) is 13.1 Å². The molecule has 23 heavy (non-hydrogen) atoms. The minimum Gasteiger partial charge on any atom is -0.312 e. The molecular weight excluding hydrogens is 316 g/mol. The van der Waals surface area contributed by atoms with Crippen molar-refractivity contribution in [2.45, 2.75) is 31.2 Å². The van der Waals surface area contributed by atoms with Gasteiger partial charge < -0.3 is 4.90 Å². The first-order valence-corrected chi connectivity index (χ1v) is 8.26. The van der Waals surface area contributed by atoms with E-state index in [1.807, 2.05) is 12.1 Å². The van der Waals surface area contributed by atoms with Gasteiger partial charge in [0.2, 0.25) is 10.0 Å². The zero-order chi connectivity index (χ0) is 17.7. The Labute approximate surface area is 136 Å². The third kappa shape index (κ3) is 5.37. The van der Waals surface area contributed by atoms with Crippen molar-refractivity contribution < 1.29 is 13.2 Å². The van der Waals surface area contributed by atoms with Gasteiger partial charge in [0.25, 0.3) is 5.91 Å². The first-order valence-electron chi connectivity index (χ1n) is 6.78. The van der Waals surface area contributed by atoms with Crippen LogP contribution in [0.4, 0.5) is 0 Å². The van der Waals surface area contributed by atoms with E-state index in [-0.39, 0.29) is 23.5 Å². The molecule has 0 heterocycles. The van der Waals surface area contributed by atoms with E-state index in [0.717, 1.165) is 4.90 Å². The average Bonchev–Trinajstić information content (AvgIpc) is 2.44. The normalized spacial score (nSPS) is 11.3. The van der Waals surface area contributed by atoms with E-state index in [1.54, 1.807) is 20.8 Å². The van der Waals surface area contributed by atoms with E-state index in [0.29, 0.717) is 0 Å². The van der Waals surface area contributed by atoms with Crippen LogP contribution in [-0.4, -0.2) is 37.9 Å². The van der Waals surface area contributed by atoms with E-state index in [1.165, 1.54) is 24.3 Å². The van der Waals surface area contributed by atoms with Crippen molar-refractivity contribution in [2.24, 2.45) is 0 Å². The number of amides is 1. The molecule has 1 N–H and O–H groups in total. The fourth-order valence-electron chi connectivity index (χ4n) is 1.79. The second kappa shape index (κ2) is 7.23. The summed E-state index contributed by atoms with van der Waals surface area (Å²) >= 11 is 0. The monoisotopic (exact) mass is 334 g/mol. The Morgan fingerprint density at radius 1 is 1.13 bits per heavy atom. The lowest BCUT2D eigenvalue weighted by molar-refractivity contribution is 0.0794. The fourth-order valence-corrected chi connectivity index (χ4v) is 3.21. The van der Waals surface area contributed by atoms with Crippen LogP contribution in [0.15, 0.2) is 29.2 Å². The summed E-state index contributed by atoms with van der Waals surface area (Å²) in [6, 6.07) is 8.99. The summed E-state index contributed by atoms with van der Waals surface area (Å²) in [7, 11) is -3.68. The standard InChI is InChI=1S/C15H18N4O3S/c1-15(2,3)18-23(21,22)13-6-4-12(5-7-13)14(20)19(10-8-16)11-9-17/h4-7,18H,10-11H2,1-3H3. The van der Waals surface area contributed by atoms with E-state index in [4.69, 9.17) is 10.5 Å². The average molecular weight is 334 g/mol. The molecule has 8 heteroatoms. The van der Waals surface area contributed by atoms with E-state index in [2.05, 4.69) is 4.72 Å². The number of benzene rings is 1. The third-order valence-electron chi connectivity index (χ3n) is 2.66. The molecule has 1 amide bonds. The van der Waals surface area contributed by atoms with Crippen LogP contribution in [0.2, 0.25) is 0 Å². The van der Waals surface area contributed by atoms with Crippen LogP contribution in [-0.2, 0) is 10.0 Å². The van der Waals surface area contributed by atoms with Crippen LogP contribution in [0, 0.1) is 22.7 Å². The number of nitrogens with one attached hydrogen (secondary N) is 1. The highest BCUT2D eigenvalue weighted by molar-refractivity contribution is 7.89. The van der Waals surface area contributed by atoms with Crippen LogP contribution >= 0.6 is 0 Å². The number of sulfonamides is 1. The van der Waals surface area contributed by atoms with Gasteiger partial charge >= 0.3 is 0 Å². The number of hydrogen-bond donors (Lipinski definition) is 1. The predicted molar refractivity (Wildman–Crippen MR) is 83.6 cm³/mol. The van der Waals surface area contributed by atoms with Gasteiger partial charge in [-0.1, -0.05) is 0 Å². The maximum Gasteiger partial charge on any atom is 0.255 e. The lowest BCUT2D eigenvalue weighted by atomic mass is 10.1. The van der Waals surface area contributed by atoms with Crippen molar-refractivity contribution in [3.05, 3.63) is 29.8 Å². The molecule has 0 saturated carbocycles. The molecule has 0 aliphatic rings. The Bertz CT molecular complexity index is 734. The minimum absolute atomic E-state index is 0.0380. The summed E-state index contributed by atoms with van der Waals surface area (Å²) in [5.74, 6) is -0.499. The molecule has 0 atom stereocenters. The van der Waals surface area contributed by atoms with Gasteiger partial charge in [-0.25, -0.2) is 13.1 Å². The summed E-state index contributed by atoms with van der Waals surface area (Å²) in [5.41, 5.74) is -0.408. The summed E-state index contributed by atoms with van der Waals surface area (Å²) in [4.78, 5) is 13.3. The Kier molecular flexibility index (Phi) is 5.85. The smallest absolute Gasteiger partial charge is 0.255 e. The lowest BCUT2D eigenvalue weighted by Crippen LogP contribution is -2.40. The van der Waals surface area contributed by atoms with Crippen LogP contribution < -0.4 is 4.72 Å². The molecule has 0 aromatic heterocycles. The van der Waals surface area contributed by atoms with E-state index < -0.39 is 21.5 Å². The Hall–Kier alpha value is -2.42. The highest BCUT2D eigenvalue weighted by Gasteiger charge is 2.22. The van der Waals surface area contributed by atoms with Crippen LogP contribution in [0.3, 0.4) is 0 Å². The molecule has 0 spiro atoms. The summed E-state index contributed by atoms with van der Waals surface area (Å²) in [6.07, 6.45) is 0. The molecule has 0 radical (unpaired) electrons. The molecule has 1 aromatic rings. The van der Waals surface area contributed by atoms with Crippen LogP contribution in [0.25, 0.3) is 0 Å². The molecule has 0 aliphatic carbocycles. The summed E-state index contributed by atoms with van der Waals surface area (Å²) in [6.45, 7) is 4.76. The van der Waals surface area contributed by atoms with Crippen molar-refractivity contribution in [1.29, 1.82) is 10.5 Å². The number of carbonyl (C=O) groups excluding carboxylic acids is 1. The number of nitrogens with zero attached hydrogens (tertiary/aromatic N) is 3. The van der Waals surface area contributed by atoms with Gasteiger partial charge in [0, 0.05) is 11.1 Å². The molecule has 1 aromatic carbocycles. The molecule has 0 unspecified atom stereocenters. The number of rotatable bonds is 5. The van der Waals surface area contributed by atoms with Crippen molar-refractivity contribution in [1.82, 2.24) is 9.62 Å². The Balaban J connectivity index is 3.03. The topological polar surface area (TPSA) is 114 Å². The highest BCUT2D eigenvalue weighted by Crippen LogP contribution is 2.15. The van der Waals surface area contributed by atoms with E-state index >= 15 is 0 Å². The minimum atomic E-state index is -3.68. The molecule has 1 rings (SSSR count). The predicted octanol–water partition coefficient (Wildman–Crippen LogP) is 1.25. The number of nitriles is 2. The van der Waals surface area contributed by atoms with Gasteiger partial charge in [0.1, 0.15) is 13.1 Å². The van der Waals surface area contributed by atoms with Gasteiger partial charge in [-0.2, -0.15) is 10.5 Å². The van der Waals surface area contributed by atoms with Crippen molar-refractivity contribution in [3.63, 3.8) is 0 Å². The zero-order valence-electron chi connectivity index (χ0n) is 13.2. The van der Waals surface area contributed by atoms with Crippen molar-refractivity contribution in [3.8, 4) is 12.1 Å². The van der Waals surface area contributed by atoms with Gasteiger partial charge in [-0.05, 0) is 45.0 Å². The molecule has 0 bridgehead atoms. The van der Waals surface area contributed by atoms with Gasteiger partial charge in [-0.15, -0.1) is 0 Å². The molecule has 0 fully saturated rings. The maximum absolute atomic E-state index is 12.2. The molecule has 122 valence electrons. The third-order valence-corrected chi connectivity index (χ3v) is 4.44. The highest BCUT2D eigenvalue weighted by atomic mass is 32.2. The second-order valence-electron chi connectivity index (χ2n) is 5.86. The molecule has 0 aliphatic heterocycles. The Morgan fingerprint density at radius 2 is 1.61 bits per heavy atom. The molecule has 7 nitrogen and oxygen atoms in total. The number of hydrogen-bond acceptors (Lipinski definition) is 5. The van der Waals surface area contributed by atoms with Crippen molar-refractivity contribution >= 4 is 15.9 Å². The van der Waals surface area contributed by atoms with Gasteiger partial charge in [0.15, 0.2) is 0 Å². The zero-order valence-corrected chi connectivity index (χ0v) is 14.0. The number of carbonyl (C=O) groups is 1. The first-order chi connectivity index (χ1) is 10.6. The maximum atomic E-state index is 12.2. The van der Waals surface area contributed by atoms with Gasteiger partial charge in [0.05, 0.1) is 17.0 Å². The Morgan fingerprint density at radius 3 is 2.00 bits per heavy atom. The van der Waals surface area contributed by atoms with Gasteiger partial charge in [-0.3, -0.25) is 4.79 Å². The van der Waals surface area contributed by atoms with E-state index in [9.17, 15) is 13.2 Å². The molecular formula is C15H18N4O3S. The summed E-state index contributed by atoms with van der Waals surface area (Å²) < 4.78 is 26.9. The van der Waals surface area contributed by atoms with Crippen LogP contribution in [0.5, 0.6) is 0 Å². The second-order valence-corrected chi connectivity index (χ2v) is 7.54. The largest absolute Gasteiger partial charge is 0.312 e. The summed E-state index contributed by atoms with van der Waals surface area (Å²) in [5, 5.41) is 17.4. The molecule has 0 saturated heterocycles. The van der Waals surface area contributed by atoms with Crippen LogP contribution in [0.1, 0.15) is 31.1 Å². The first kappa shape index (κ1) is 18.6. The lowest BCUT2D eigenvalue weighted by Gasteiger charge is -2.20. The fraction of sp³-hybridized carbons (Fsp3) is 0.400. The quantitative estimate of drug-likeness (QED) is 0.814.